The Morgan fingerprint density at radius 1 is 0.896 bits per heavy atom. The normalized spacial score (nSPS) is 17.1. The van der Waals surface area contributed by atoms with Crippen LogP contribution in [-0.2, 0) is 9.45 Å². The first kappa shape index (κ1) is 32.9. The molecule has 238 valence electrons. The van der Waals surface area contributed by atoms with E-state index >= 15 is 0 Å². The van der Waals surface area contributed by atoms with Crippen LogP contribution in [0.15, 0.2) is 137 Å². The van der Waals surface area contributed by atoms with Gasteiger partial charge in [-0.2, -0.15) is 0 Å². The van der Waals surface area contributed by atoms with Crippen LogP contribution in [0.3, 0.4) is 0 Å². The van der Waals surface area contributed by atoms with Crippen LogP contribution < -0.4 is 4.74 Å². The summed E-state index contributed by atoms with van der Waals surface area (Å²) in [5.41, 5.74) is 1.62. The Bertz CT molecular complexity index is 2060. The molecule has 4 aromatic rings. The second kappa shape index (κ2) is 14.0. The molecule has 0 N–H and O–H groups in total. The number of aliphatic imine (C=N–C) groups is 1. The number of fused-ring (bicyclic) bond motifs is 1. The summed E-state index contributed by atoms with van der Waals surface area (Å²) in [7, 11) is -6.48. The lowest BCUT2D eigenvalue weighted by Gasteiger charge is -2.23. The van der Waals surface area contributed by atoms with Crippen molar-refractivity contribution in [1.29, 1.82) is 0 Å². The molecule has 6 rings (SSSR count). The van der Waals surface area contributed by atoms with Gasteiger partial charge in [0.1, 0.15) is 11.5 Å². The number of carbonyl (C=O) groups excluding carboxylic acids is 2. The summed E-state index contributed by atoms with van der Waals surface area (Å²) in [5, 5.41) is 0.230. The SMILES string of the molecule is O=C1Oc2ccccc2C(=O)C1/C(=C/C=C/C(=C1\C=C(Cl)C(c2ccccc2)=N1)c1cc(Cl)c(-c2ccccc2)n1B(F)F)OB(F)F. The zero-order valence-electron chi connectivity index (χ0n) is 24.5. The minimum atomic E-state index is -3.40. The van der Waals surface area contributed by atoms with Gasteiger partial charge in [0, 0.05) is 16.8 Å². The molecule has 1 unspecified atom stereocenters. The van der Waals surface area contributed by atoms with Gasteiger partial charge in [0.15, 0.2) is 11.7 Å². The average Bonchev–Trinajstić information content (AvgIpc) is 3.63. The van der Waals surface area contributed by atoms with Gasteiger partial charge in [-0.25, -0.2) is 13.6 Å². The van der Waals surface area contributed by atoms with Crippen LogP contribution in [0.1, 0.15) is 21.6 Å². The number of hydrogen-bond donors (Lipinski definition) is 0. The van der Waals surface area contributed by atoms with E-state index in [0.29, 0.717) is 16.8 Å². The largest absolute Gasteiger partial charge is 0.796 e. The van der Waals surface area contributed by atoms with Crippen molar-refractivity contribution in [2.75, 3.05) is 0 Å². The van der Waals surface area contributed by atoms with Crippen LogP contribution in [0.2, 0.25) is 5.02 Å². The molecule has 2 aliphatic rings. The minimum Gasteiger partial charge on any atom is -0.507 e. The molecule has 6 nitrogen and oxygen atoms in total. The van der Waals surface area contributed by atoms with E-state index in [1.807, 2.05) is 0 Å². The Labute approximate surface area is 282 Å². The Morgan fingerprint density at radius 3 is 2.21 bits per heavy atom. The van der Waals surface area contributed by atoms with E-state index in [9.17, 15) is 26.9 Å². The second-order valence-electron chi connectivity index (χ2n) is 10.4. The molecule has 14 heteroatoms. The number of carbonyl (C=O) groups is 2. The third-order valence-corrected chi connectivity index (χ3v) is 8.02. The van der Waals surface area contributed by atoms with Crippen molar-refractivity contribution in [2.45, 2.75) is 0 Å². The van der Waals surface area contributed by atoms with Gasteiger partial charge in [0.25, 0.3) is 0 Å². The minimum absolute atomic E-state index is 0.00371. The van der Waals surface area contributed by atoms with Crippen molar-refractivity contribution >= 4 is 61.1 Å². The fourth-order valence-electron chi connectivity index (χ4n) is 5.39. The van der Waals surface area contributed by atoms with Crippen molar-refractivity contribution in [3.05, 3.63) is 154 Å². The predicted molar refractivity (Wildman–Crippen MR) is 178 cm³/mol. The van der Waals surface area contributed by atoms with Crippen LogP contribution in [0.4, 0.5) is 17.3 Å². The number of nitrogens with zero attached hydrogens (tertiary/aromatic N) is 2. The van der Waals surface area contributed by atoms with Crippen LogP contribution in [0, 0.1) is 5.92 Å². The van der Waals surface area contributed by atoms with E-state index in [2.05, 4.69) is 9.65 Å². The molecule has 0 fully saturated rings. The third-order valence-electron chi connectivity index (χ3n) is 7.45. The van der Waals surface area contributed by atoms with Crippen molar-refractivity contribution < 1.29 is 36.2 Å². The van der Waals surface area contributed by atoms with Gasteiger partial charge in [-0.1, -0.05) is 108 Å². The molecule has 0 spiro atoms. The maximum absolute atomic E-state index is 14.9. The number of allylic oxidation sites excluding steroid dienone is 6. The maximum atomic E-state index is 14.9. The van der Waals surface area contributed by atoms with Crippen molar-refractivity contribution in [3.63, 3.8) is 0 Å². The Hall–Kier alpha value is -5.06. The number of para-hydroxylation sites is 1. The highest BCUT2D eigenvalue weighted by molar-refractivity contribution is 6.47. The first-order chi connectivity index (χ1) is 23.1. The summed E-state index contributed by atoms with van der Waals surface area (Å²) in [6, 6.07) is 24.4. The summed E-state index contributed by atoms with van der Waals surface area (Å²) >= 11 is 13.1. The lowest BCUT2D eigenvalue weighted by molar-refractivity contribution is -0.137. The average molecular weight is 689 g/mol. The maximum Gasteiger partial charge on any atom is 0.796 e. The molecular weight excluding hydrogens is 669 g/mol. The van der Waals surface area contributed by atoms with Gasteiger partial charge < -0.3 is 13.9 Å². The van der Waals surface area contributed by atoms with Gasteiger partial charge >= 0.3 is 20.8 Å². The molecule has 0 aliphatic carbocycles. The van der Waals surface area contributed by atoms with Gasteiger partial charge in [0.2, 0.25) is 0 Å². The number of ketones is 1. The number of rotatable bonds is 9. The summed E-state index contributed by atoms with van der Waals surface area (Å²) in [6.45, 7) is 0. The Morgan fingerprint density at radius 2 is 1.54 bits per heavy atom. The number of Topliss-reactive ketones (excluding diaryl/α,β-unsaturated/α-hetero) is 1. The zero-order valence-corrected chi connectivity index (χ0v) is 26.0. The fourth-order valence-corrected chi connectivity index (χ4v) is 5.95. The van der Waals surface area contributed by atoms with Crippen molar-refractivity contribution in [3.8, 4) is 17.0 Å². The summed E-state index contributed by atoms with van der Waals surface area (Å²) in [5.74, 6) is -4.50. The Balaban J connectivity index is 1.51. The molecule has 0 amide bonds. The third kappa shape index (κ3) is 6.54. The van der Waals surface area contributed by atoms with Crippen LogP contribution >= 0.6 is 23.2 Å². The number of hydrogen-bond acceptors (Lipinski definition) is 5. The topological polar surface area (TPSA) is 69.9 Å². The smallest absolute Gasteiger partial charge is 0.507 e. The van der Waals surface area contributed by atoms with Crippen molar-refractivity contribution in [1.82, 2.24) is 4.48 Å². The van der Waals surface area contributed by atoms with Gasteiger partial charge in [-0.05, 0) is 35.9 Å². The predicted octanol–water partition coefficient (Wildman–Crippen LogP) is 8.72. The molecule has 0 saturated heterocycles. The van der Waals surface area contributed by atoms with E-state index in [4.69, 9.17) is 27.9 Å². The van der Waals surface area contributed by atoms with Gasteiger partial charge in [0.05, 0.1) is 32.7 Å². The monoisotopic (exact) mass is 688 g/mol. The highest BCUT2D eigenvalue weighted by atomic mass is 35.5. The highest BCUT2D eigenvalue weighted by Gasteiger charge is 2.41. The van der Waals surface area contributed by atoms with Gasteiger partial charge in [-0.3, -0.25) is 18.2 Å². The van der Waals surface area contributed by atoms with Crippen LogP contribution in [0.5, 0.6) is 5.75 Å². The zero-order chi connectivity index (χ0) is 33.9. The highest BCUT2D eigenvalue weighted by Crippen LogP contribution is 2.39. The lowest BCUT2D eigenvalue weighted by atomic mass is 9.92. The second-order valence-corrected chi connectivity index (χ2v) is 11.2. The molecule has 0 radical (unpaired) electrons. The molecule has 48 heavy (non-hydrogen) atoms. The summed E-state index contributed by atoms with van der Waals surface area (Å²) in [4.78, 5) is 30.7. The fraction of sp³-hybridized carbons (Fsp3) is 0.0294. The molecular formula is C34H20B2Cl2F4N2O4. The van der Waals surface area contributed by atoms with E-state index < -0.39 is 38.3 Å². The summed E-state index contributed by atoms with van der Waals surface area (Å²) < 4.78 is 67.5. The molecule has 0 saturated carbocycles. The van der Waals surface area contributed by atoms with Crippen LogP contribution in [0.25, 0.3) is 16.8 Å². The first-order valence-electron chi connectivity index (χ1n) is 14.3. The first-order valence-corrected chi connectivity index (χ1v) is 15.1. The molecule has 3 aromatic carbocycles. The standard InChI is InChI=1S/C34H20B2Cl2F4N2O4/c37-24-18-26(43-31(24)20-10-3-1-4-11-20)22(27-19-25(38)32(44(27)35(39)40)21-12-5-2-6-13-21)15-9-17-29(48-36(41)42)30-33(45)23-14-7-8-16-28(23)47-34(30)46/h1-19,30H/b15-9+,26-22-,29-17-. The molecule has 0 bridgehead atoms. The van der Waals surface area contributed by atoms with Crippen molar-refractivity contribution in [2.24, 2.45) is 10.9 Å². The van der Waals surface area contributed by atoms with Crippen LogP contribution in [-0.4, -0.2) is 36.8 Å². The van der Waals surface area contributed by atoms with E-state index in [1.165, 1.54) is 42.5 Å². The number of aromatic nitrogens is 1. The van der Waals surface area contributed by atoms with E-state index in [1.54, 1.807) is 66.7 Å². The number of esters is 1. The molecule has 3 heterocycles. The molecule has 2 aliphatic heterocycles. The van der Waals surface area contributed by atoms with E-state index in [0.717, 1.165) is 10.6 Å². The lowest BCUT2D eigenvalue weighted by Crippen LogP contribution is -2.36. The number of benzene rings is 3. The van der Waals surface area contributed by atoms with E-state index in [-0.39, 0.29) is 44.0 Å². The number of halogens is 6. The molecule has 1 atom stereocenters. The van der Waals surface area contributed by atoms with Gasteiger partial charge in [-0.15, -0.1) is 0 Å². The quantitative estimate of drug-likeness (QED) is 0.0336. The Kier molecular flexibility index (Phi) is 9.56. The number of ether oxygens (including phenoxy) is 1. The summed E-state index contributed by atoms with van der Waals surface area (Å²) in [6.07, 6.45) is 4.93. The molecule has 1 aromatic heterocycles.